The summed E-state index contributed by atoms with van der Waals surface area (Å²) in [5.41, 5.74) is 3.11. The van der Waals surface area contributed by atoms with Gasteiger partial charge in [0.05, 0.1) is 12.7 Å². The lowest BCUT2D eigenvalue weighted by molar-refractivity contribution is -0.145. The highest BCUT2D eigenvalue weighted by Gasteiger charge is 2.20. The van der Waals surface area contributed by atoms with Gasteiger partial charge in [-0.1, -0.05) is 29.8 Å². The van der Waals surface area contributed by atoms with Crippen molar-refractivity contribution in [2.75, 3.05) is 19.8 Å². The summed E-state index contributed by atoms with van der Waals surface area (Å²) in [5, 5.41) is 6.95. The monoisotopic (exact) mass is 405 g/mol. The fourth-order valence-electron chi connectivity index (χ4n) is 3.36. The van der Waals surface area contributed by atoms with E-state index in [1.165, 1.54) is 10.9 Å². The highest BCUT2D eigenvalue weighted by atomic mass is 35.5. The summed E-state index contributed by atoms with van der Waals surface area (Å²) in [6, 6.07) is 13.0. The molecule has 0 saturated carbocycles. The summed E-state index contributed by atoms with van der Waals surface area (Å²) in [6.45, 7) is 2.23. The van der Waals surface area contributed by atoms with E-state index in [0.717, 1.165) is 24.0 Å². The molecule has 0 radical (unpaired) electrons. The third kappa shape index (κ3) is 5.71. The van der Waals surface area contributed by atoms with Crippen LogP contribution in [0.4, 0.5) is 0 Å². The lowest BCUT2D eigenvalue weighted by Crippen LogP contribution is -2.37. The fourth-order valence-corrected chi connectivity index (χ4v) is 3.56. The number of aryl methyl sites for hydroxylation is 1. The molecule has 2 aromatic carbocycles. The number of aliphatic hydroxyl groups is 1. The van der Waals surface area contributed by atoms with Crippen LogP contribution < -0.4 is 10.0 Å². The molecule has 28 heavy (non-hydrogen) atoms. The summed E-state index contributed by atoms with van der Waals surface area (Å²) in [6.07, 6.45) is 1.84. The van der Waals surface area contributed by atoms with Gasteiger partial charge in [0.1, 0.15) is 7.16 Å². The number of carbonyl (C=O) groups excluding carboxylic acids is 1. The van der Waals surface area contributed by atoms with Crippen LogP contribution in [0.25, 0.3) is 0 Å². The minimum Gasteiger partial charge on any atom is -0.482 e. The maximum Gasteiger partial charge on any atom is 0.344 e. The molecule has 5 nitrogen and oxygen atoms in total. The van der Waals surface area contributed by atoms with Gasteiger partial charge in [0, 0.05) is 17.6 Å². The van der Waals surface area contributed by atoms with E-state index >= 15 is 0 Å². The van der Waals surface area contributed by atoms with E-state index in [4.69, 9.17) is 29.0 Å². The molecule has 0 fully saturated rings. The number of rotatable bonds is 9. The van der Waals surface area contributed by atoms with Crippen molar-refractivity contribution in [3.63, 3.8) is 0 Å². The molecule has 0 saturated heterocycles. The van der Waals surface area contributed by atoms with Gasteiger partial charge in [0.2, 0.25) is 1.43 Å². The van der Waals surface area contributed by atoms with Crippen LogP contribution in [0.3, 0.4) is 0 Å². The van der Waals surface area contributed by atoms with Crippen LogP contribution in [0.2, 0.25) is 6.43 Å². The number of hydrogen-bond donors (Lipinski definition) is 2. The molecule has 2 aromatic rings. The molecule has 0 aromatic heterocycles. The molecule has 0 bridgehead atoms. The molecule has 0 heterocycles. The van der Waals surface area contributed by atoms with Crippen LogP contribution in [0.1, 0.15) is 36.1 Å². The summed E-state index contributed by atoms with van der Waals surface area (Å²) in [4.78, 5) is 11.5. The Bertz CT molecular complexity index is 867. The first kappa shape index (κ1) is 18.0. The maximum absolute atomic E-state index is 11.5. The lowest BCUT2D eigenvalue weighted by Gasteiger charge is -2.27. The standard InChI is InChI=1S/C22H26ClNO4/c1-2-27-22(26)14-28-20-9-7-15-6-8-19(11-17(15)12-20)24-13-21(25)16-4-3-5-18(23)10-16/h3-5,7,9-10,12,19,21,24-25H,2,6,8,11,13-14H2,1H3/t19-,21-/m0/s1/i25D/hD. The van der Waals surface area contributed by atoms with Gasteiger partial charge in [-0.25, -0.2) is 4.79 Å². The van der Waals surface area contributed by atoms with E-state index in [9.17, 15) is 4.79 Å². The smallest absolute Gasteiger partial charge is 0.344 e. The quantitative estimate of drug-likeness (QED) is 0.625. The Labute approximate surface area is 173 Å². The van der Waals surface area contributed by atoms with E-state index in [0.29, 0.717) is 23.8 Å². The number of aliphatic hydroxyl groups excluding tert-OH is 1. The molecule has 2 N–H and O–H groups in total. The lowest BCUT2D eigenvalue weighted by atomic mass is 9.88. The molecular formula is C22H26ClNO4. The van der Waals surface area contributed by atoms with Gasteiger partial charge in [0.15, 0.2) is 6.61 Å². The number of esters is 1. The molecule has 6 heteroatoms. The second-order valence-corrected chi connectivity index (χ2v) is 7.27. The predicted molar refractivity (Wildman–Crippen MR) is 109 cm³/mol. The summed E-state index contributed by atoms with van der Waals surface area (Å²) in [7, 11) is 0. The van der Waals surface area contributed by atoms with Gasteiger partial charge >= 0.3 is 5.97 Å². The molecule has 0 amide bonds. The minimum atomic E-state index is -0.554. The average molecular weight is 406 g/mol. The highest BCUT2D eigenvalue weighted by Crippen LogP contribution is 2.26. The molecule has 150 valence electrons. The molecule has 3 rings (SSSR count). The van der Waals surface area contributed by atoms with E-state index in [1.54, 1.807) is 19.1 Å². The van der Waals surface area contributed by atoms with Crippen molar-refractivity contribution in [3.05, 3.63) is 64.2 Å². The van der Waals surface area contributed by atoms with Gasteiger partial charge in [-0.15, -0.1) is 0 Å². The predicted octanol–water partition coefficient (Wildman–Crippen LogP) is 3.46. The van der Waals surface area contributed by atoms with Crippen LogP contribution in [-0.2, 0) is 22.4 Å². The average Bonchev–Trinajstić information content (AvgIpc) is 2.75. The highest BCUT2D eigenvalue weighted by molar-refractivity contribution is 6.30. The van der Waals surface area contributed by atoms with Crippen molar-refractivity contribution in [2.24, 2.45) is 0 Å². The number of nitrogens with one attached hydrogen (secondary N) is 1. The van der Waals surface area contributed by atoms with Gasteiger partial charge in [-0.2, -0.15) is 0 Å². The summed E-state index contributed by atoms with van der Waals surface area (Å²) < 4.78 is 26.4. The molecule has 0 aliphatic heterocycles. The molecular weight excluding hydrogens is 378 g/mol. The van der Waals surface area contributed by atoms with Gasteiger partial charge in [0.25, 0.3) is 0 Å². The molecule has 0 unspecified atom stereocenters. The van der Waals surface area contributed by atoms with Crippen LogP contribution in [-0.4, -0.2) is 38.3 Å². The number of halogens is 1. The van der Waals surface area contributed by atoms with Crippen molar-refractivity contribution in [1.82, 2.24) is 5.31 Å². The first-order valence-electron chi connectivity index (χ1n) is 10.4. The van der Waals surface area contributed by atoms with Gasteiger partial charge in [-0.3, -0.25) is 0 Å². The van der Waals surface area contributed by atoms with Crippen molar-refractivity contribution < 1.29 is 20.8 Å². The van der Waals surface area contributed by atoms with E-state index in [-0.39, 0.29) is 19.2 Å². The number of benzene rings is 2. The first-order valence-corrected chi connectivity index (χ1v) is 9.91. The zero-order valence-corrected chi connectivity index (χ0v) is 16.7. The van der Waals surface area contributed by atoms with Crippen molar-refractivity contribution >= 4 is 17.6 Å². The Kier molecular flexibility index (Phi) is 6.37. The van der Waals surface area contributed by atoms with Gasteiger partial charge < -0.3 is 19.9 Å². The SMILES string of the molecule is [2H]O[C@@H](CN([2H])[C@H]1CCc2ccc(OCC(=O)OCC)cc2C1)c1cccc(Cl)c1. The number of fused-ring (bicyclic) bond motifs is 1. The van der Waals surface area contributed by atoms with Crippen molar-refractivity contribution in [3.8, 4) is 5.75 Å². The second kappa shape index (κ2) is 9.92. The number of carbonyl (C=O) groups is 1. The van der Waals surface area contributed by atoms with Crippen LogP contribution >= 0.6 is 11.6 Å². The summed E-state index contributed by atoms with van der Waals surface area (Å²) in [5.74, 6) is 0.221. The third-order valence-electron chi connectivity index (χ3n) is 4.79. The normalized spacial score (nSPS) is 18.0. The van der Waals surface area contributed by atoms with Crippen molar-refractivity contribution in [2.45, 2.75) is 38.3 Å². The fraction of sp³-hybridized carbons (Fsp3) is 0.409. The van der Waals surface area contributed by atoms with Crippen molar-refractivity contribution in [1.29, 1.82) is 1.43 Å². The molecule has 1 aliphatic carbocycles. The second-order valence-electron chi connectivity index (χ2n) is 6.83. The third-order valence-corrected chi connectivity index (χ3v) is 5.03. The summed E-state index contributed by atoms with van der Waals surface area (Å²) >= 11 is 6.05. The van der Waals surface area contributed by atoms with Crippen LogP contribution in [0.15, 0.2) is 42.5 Å². The maximum atomic E-state index is 11.5. The zero-order chi connectivity index (χ0) is 21.5. The Morgan fingerprint density at radius 3 is 3.07 bits per heavy atom. The Morgan fingerprint density at radius 1 is 1.39 bits per heavy atom. The largest absolute Gasteiger partial charge is 0.482 e. The zero-order valence-electron chi connectivity index (χ0n) is 17.9. The first-order chi connectivity index (χ1) is 14.5. The van der Waals surface area contributed by atoms with Gasteiger partial charge in [-0.05, 0) is 67.1 Å². The Hall–Kier alpha value is -2.08. The number of hydrogen-bond acceptors (Lipinski definition) is 5. The number of ether oxygens (including phenoxy) is 2. The minimum absolute atomic E-state index is 0.00496. The van der Waals surface area contributed by atoms with Crippen LogP contribution in [0, 0.1) is 0 Å². The van der Waals surface area contributed by atoms with E-state index in [2.05, 4.69) is 0 Å². The molecule has 2 atom stereocenters. The molecule has 0 spiro atoms. The topological polar surface area (TPSA) is 67.8 Å². The molecule has 1 aliphatic rings. The van der Waals surface area contributed by atoms with E-state index < -0.39 is 12.1 Å². The Morgan fingerprint density at radius 2 is 2.29 bits per heavy atom. The Balaban J connectivity index is 1.62. The van der Waals surface area contributed by atoms with Crippen LogP contribution in [0.5, 0.6) is 5.75 Å². The van der Waals surface area contributed by atoms with E-state index in [1.807, 2.05) is 30.3 Å².